The van der Waals surface area contributed by atoms with Gasteiger partial charge in [-0.15, -0.1) is 11.8 Å². The lowest BCUT2D eigenvalue weighted by Crippen LogP contribution is -1.86. The van der Waals surface area contributed by atoms with Crippen LogP contribution in [0.5, 0.6) is 0 Å². The summed E-state index contributed by atoms with van der Waals surface area (Å²) in [5, 5.41) is 0.735. The minimum atomic E-state index is 0.611. The molecule has 0 aliphatic heterocycles. The molecule has 0 aliphatic rings. The Labute approximate surface area is 110 Å². The van der Waals surface area contributed by atoms with E-state index in [9.17, 15) is 4.79 Å². The monoisotopic (exact) mass is 261 g/mol. The molecule has 2 aromatic rings. The van der Waals surface area contributed by atoms with Gasteiger partial charge in [0.1, 0.15) is 0 Å². The van der Waals surface area contributed by atoms with Gasteiger partial charge in [-0.2, -0.15) is 0 Å². The summed E-state index contributed by atoms with van der Waals surface area (Å²) >= 11 is 7.53. The van der Waals surface area contributed by atoms with Gasteiger partial charge in [-0.3, -0.25) is 4.79 Å². The third-order valence-corrected chi connectivity index (χ3v) is 3.66. The molecule has 1 radical (unpaired) electrons. The van der Waals surface area contributed by atoms with Gasteiger partial charge in [0.15, 0.2) is 0 Å². The molecule has 0 atom stereocenters. The molecule has 0 bridgehead atoms. The topological polar surface area (TPSA) is 17.1 Å². The van der Waals surface area contributed by atoms with Crippen LogP contribution < -0.4 is 0 Å². The molecular formula is C14H10ClOS. The van der Waals surface area contributed by atoms with Crippen LogP contribution in [0.3, 0.4) is 0 Å². The normalized spacial score (nSPS) is 10.2. The Morgan fingerprint density at radius 1 is 1.12 bits per heavy atom. The maximum Gasteiger partial charge on any atom is 0.234 e. The van der Waals surface area contributed by atoms with Crippen molar-refractivity contribution in [3.63, 3.8) is 0 Å². The van der Waals surface area contributed by atoms with Crippen molar-refractivity contribution in [2.75, 3.05) is 0 Å². The summed E-state index contributed by atoms with van der Waals surface area (Å²) in [6.07, 6.45) is 1.95. The van der Waals surface area contributed by atoms with E-state index >= 15 is 0 Å². The largest absolute Gasteiger partial charge is 0.285 e. The van der Waals surface area contributed by atoms with Crippen molar-refractivity contribution in [2.45, 2.75) is 10.6 Å². The SMILES string of the molecule is O=[C]c1ccccc1SCc1cccc(Cl)c1. The average molecular weight is 262 g/mol. The maximum atomic E-state index is 10.7. The van der Waals surface area contributed by atoms with Crippen LogP contribution in [0.15, 0.2) is 53.4 Å². The van der Waals surface area contributed by atoms with Gasteiger partial charge in [0.05, 0.1) is 0 Å². The zero-order valence-corrected chi connectivity index (χ0v) is 10.6. The first-order chi connectivity index (χ1) is 8.29. The first kappa shape index (κ1) is 12.2. The fourth-order valence-electron chi connectivity index (χ4n) is 1.46. The van der Waals surface area contributed by atoms with E-state index in [1.165, 1.54) is 0 Å². The smallest absolute Gasteiger partial charge is 0.234 e. The molecule has 1 nitrogen and oxygen atoms in total. The van der Waals surface area contributed by atoms with Crippen LogP contribution in [-0.4, -0.2) is 6.29 Å². The molecule has 2 rings (SSSR count). The van der Waals surface area contributed by atoms with Gasteiger partial charge in [0.2, 0.25) is 6.29 Å². The van der Waals surface area contributed by atoms with Crippen LogP contribution in [0.2, 0.25) is 5.02 Å². The second kappa shape index (κ2) is 5.89. The number of benzene rings is 2. The predicted molar refractivity (Wildman–Crippen MR) is 72.3 cm³/mol. The zero-order valence-electron chi connectivity index (χ0n) is 9.02. The number of thioether (sulfide) groups is 1. The van der Waals surface area contributed by atoms with E-state index in [0.717, 1.165) is 21.2 Å². The van der Waals surface area contributed by atoms with Gasteiger partial charge in [-0.05, 0) is 29.8 Å². The molecule has 17 heavy (non-hydrogen) atoms. The number of hydrogen-bond donors (Lipinski definition) is 0. The molecule has 0 spiro atoms. The molecule has 3 heteroatoms. The number of hydrogen-bond acceptors (Lipinski definition) is 2. The van der Waals surface area contributed by atoms with Crippen LogP contribution in [0, 0.1) is 0 Å². The van der Waals surface area contributed by atoms with Crippen molar-refractivity contribution in [1.29, 1.82) is 0 Å². The highest BCUT2D eigenvalue weighted by Gasteiger charge is 2.02. The second-order valence-electron chi connectivity index (χ2n) is 3.52. The number of rotatable bonds is 4. The number of halogens is 1. The van der Waals surface area contributed by atoms with Gasteiger partial charge in [-0.25, -0.2) is 0 Å². The lowest BCUT2D eigenvalue weighted by Gasteiger charge is -2.04. The maximum absolute atomic E-state index is 10.7. The fraction of sp³-hybridized carbons (Fsp3) is 0.0714. The van der Waals surface area contributed by atoms with Gasteiger partial charge in [0, 0.05) is 21.2 Å². The Kier molecular flexibility index (Phi) is 4.24. The molecule has 0 saturated heterocycles. The van der Waals surface area contributed by atoms with E-state index in [4.69, 9.17) is 11.6 Å². The first-order valence-corrected chi connectivity index (χ1v) is 6.50. The van der Waals surface area contributed by atoms with Crippen LogP contribution in [0.25, 0.3) is 0 Å². The van der Waals surface area contributed by atoms with Crippen molar-refractivity contribution in [3.8, 4) is 0 Å². The van der Waals surface area contributed by atoms with Gasteiger partial charge >= 0.3 is 0 Å². The Morgan fingerprint density at radius 3 is 2.71 bits per heavy atom. The molecule has 2 aromatic carbocycles. The predicted octanol–water partition coefficient (Wildman–Crippen LogP) is 4.09. The van der Waals surface area contributed by atoms with Crippen molar-refractivity contribution in [3.05, 3.63) is 64.7 Å². The highest BCUT2D eigenvalue weighted by atomic mass is 35.5. The molecule has 0 amide bonds. The Balaban J connectivity index is 2.09. The lowest BCUT2D eigenvalue weighted by atomic mass is 10.2. The summed E-state index contributed by atoms with van der Waals surface area (Å²) in [5.41, 5.74) is 1.75. The molecule has 0 saturated carbocycles. The van der Waals surface area contributed by atoms with Crippen LogP contribution in [0.1, 0.15) is 11.1 Å². The van der Waals surface area contributed by atoms with E-state index in [-0.39, 0.29) is 0 Å². The summed E-state index contributed by atoms with van der Waals surface area (Å²) in [5.74, 6) is 0.791. The minimum absolute atomic E-state index is 0.611. The zero-order chi connectivity index (χ0) is 12.1. The summed E-state index contributed by atoms with van der Waals surface area (Å²) in [7, 11) is 0. The van der Waals surface area contributed by atoms with Crippen molar-refractivity contribution in [2.24, 2.45) is 0 Å². The molecule has 0 unspecified atom stereocenters. The first-order valence-electron chi connectivity index (χ1n) is 5.14. The molecule has 0 fully saturated rings. The molecule has 85 valence electrons. The summed E-state index contributed by atoms with van der Waals surface area (Å²) in [6, 6.07) is 15.2. The third-order valence-electron chi connectivity index (χ3n) is 2.28. The molecule has 0 N–H and O–H groups in total. The van der Waals surface area contributed by atoms with E-state index in [2.05, 4.69) is 0 Å². The van der Waals surface area contributed by atoms with E-state index < -0.39 is 0 Å². The standard InChI is InChI=1S/C14H10ClOS/c15-13-6-3-4-11(8-13)10-17-14-7-2-1-5-12(14)9-16/h1-8H,10H2. The van der Waals surface area contributed by atoms with E-state index in [1.54, 1.807) is 17.8 Å². The highest BCUT2D eigenvalue weighted by molar-refractivity contribution is 7.98. The third kappa shape index (κ3) is 3.35. The van der Waals surface area contributed by atoms with Gasteiger partial charge in [-0.1, -0.05) is 35.9 Å². The Hall–Kier alpha value is -1.25. The van der Waals surface area contributed by atoms with E-state index in [1.807, 2.05) is 48.8 Å². The highest BCUT2D eigenvalue weighted by Crippen LogP contribution is 2.26. The fourth-order valence-corrected chi connectivity index (χ4v) is 2.62. The van der Waals surface area contributed by atoms with Crippen molar-refractivity contribution >= 4 is 29.6 Å². The van der Waals surface area contributed by atoms with Crippen LogP contribution in [0.4, 0.5) is 0 Å². The summed E-state index contributed by atoms with van der Waals surface area (Å²) < 4.78 is 0. The quantitative estimate of drug-likeness (QED) is 0.771. The van der Waals surface area contributed by atoms with Crippen molar-refractivity contribution in [1.82, 2.24) is 0 Å². The average Bonchev–Trinajstić information content (AvgIpc) is 2.37. The van der Waals surface area contributed by atoms with Crippen LogP contribution in [-0.2, 0) is 10.5 Å². The minimum Gasteiger partial charge on any atom is -0.285 e. The Morgan fingerprint density at radius 2 is 1.94 bits per heavy atom. The van der Waals surface area contributed by atoms with Crippen molar-refractivity contribution < 1.29 is 4.79 Å². The second-order valence-corrected chi connectivity index (χ2v) is 4.97. The molecule has 0 aromatic heterocycles. The molecule has 0 heterocycles. The molecular weight excluding hydrogens is 252 g/mol. The number of carbonyl (C=O) groups excluding carboxylic acids is 1. The van der Waals surface area contributed by atoms with Gasteiger partial charge in [0.25, 0.3) is 0 Å². The molecule has 0 aliphatic carbocycles. The Bertz CT molecular complexity index is 525. The van der Waals surface area contributed by atoms with Crippen LogP contribution >= 0.6 is 23.4 Å². The summed E-state index contributed by atoms with van der Waals surface area (Å²) in [6.45, 7) is 0. The summed E-state index contributed by atoms with van der Waals surface area (Å²) in [4.78, 5) is 11.7. The lowest BCUT2D eigenvalue weighted by molar-refractivity contribution is 0.562. The van der Waals surface area contributed by atoms with E-state index in [0.29, 0.717) is 5.56 Å². The van der Waals surface area contributed by atoms with Gasteiger partial charge < -0.3 is 0 Å².